The molecular formula is C15H20BrNO2. The molecule has 0 radical (unpaired) electrons. The number of carbonyl (C=O) groups excluding carboxylic acids is 1. The van der Waals surface area contributed by atoms with E-state index in [1.165, 1.54) is 6.42 Å². The standard InChI is InChI=1S/C15H20BrNO2/c1-11-3-2-8-15(19,9-11)10-17-14(18)12-4-6-13(16)7-5-12/h4-7,11,19H,2-3,8-10H2,1H3,(H,17,18). The second-order valence-electron chi connectivity index (χ2n) is 5.62. The van der Waals surface area contributed by atoms with Crippen molar-refractivity contribution in [3.05, 3.63) is 34.3 Å². The maximum absolute atomic E-state index is 12.0. The Morgan fingerprint density at radius 1 is 1.47 bits per heavy atom. The number of hydrogen-bond acceptors (Lipinski definition) is 2. The van der Waals surface area contributed by atoms with E-state index < -0.39 is 5.60 Å². The van der Waals surface area contributed by atoms with Crippen molar-refractivity contribution in [3.8, 4) is 0 Å². The van der Waals surface area contributed by atoms with Crippen LogP contribution in [0.1, 0.15) is 43.0 Å². The fraction of sp³-hybridized carbons (Fsp3) is 0.533. The average Bonchev–Trinajstić information content (AvgIpc) is 2.37. The van der Waals surface area contributed by atoms with Crippen molar-refractivity contribution in [1.82, 2.24) is 5.32 Å². The molecule has 1 aromatic carbocycles. The summed E-state index contributed by atoms with van der Waals surface area (Å²) >= 11 is 3.34. The van der Waals surface area contributed by atoms with Crippen LogP contribution in [0, 0.1) is 5.92 Å². The van der Waals surface area contributed by atoms with E-state index in [9.17, 15) is 9.90 Å². The van der Waals surface area contributed by atoms with Gasteiger partial charge in [0.25, 0.3) is 5.91 Å². The van der Waals surface area contributed by atoms with Crippen LogP contribution in [0.3, 0.4) is 0 Å². The van der Waals surface area contributed by atoms with Crippen LogP contribution in [0.4, 0.5) is 0 Å². The van der Waals surface area contributed by atoms with Gasteiger partial charge in [0.1, 0.15) is 0 Å². The summed E-state index contributed by atoms with van der Waals surface area (Å²) in [7, 11) is 0. The zero-order valence-corrected chi connectivity index (χ0v) is 12.7. The molecule has 1 fully saturated rings. The van der Waals surface area contributed by atoms with Crippen LogP contribution in [0.25, 0.3) is 0 Å². The van der Waals surface area contributed by atoms with Gasteiger partial charge in [-0.2, -0.15) is 0 Å². The first-order valence-corrected chi connectivity index (χ1v) is 7.54. The van der Waals surface area contributed by atoms with E-state index >= 15 is 0 Å². The van der Waals surface area contributed by atoms with E-state index in [0.29, 0.717) is 18.0 Å². The highest BCUT2D eigenvalue weighted by molar-refractivity contribution is 9.10. The van der Waals surface area contributed by atoms with Crippen molar-refractivity contribution in [1.29, 1.82) is 0 Å². The van der Waals surface area contributed by atoms with Gasteiger partial charge in [-0.1, -0.05) is 35.7 Å². The molecule has 1 aromatic rings. The zero-order chi connectivity index (χ0) is 13.9. The molecule has 1 amide bonds. The van der Waals surface area contributed by atoms with Crippen LogP contribution in [0.2, 0.25) is 0 Å². The summed E-state index contributed by atoms with van der Waals surface area (Å²) < 4.78 is 0.948. The lowest BCUT2D eigenvalue weighted by atomic mass is 9.79. The van der Waals surface area contributed by atoms with Gasteiger partial charge in [-0.25, -0.2) is 0 Å². The van der Waals surface area contributed by atoms with Crippen molar-refractivity contribution < 1.29 is 9.90 Å². The lowest BCUT2D eigenvalue weighted by Crippen LogP contribution is -2.45. The smallest absolute Gasteiger partial charge is 0.251 e. The van der Waals surface area contributed by atoms with E-state index in [1.807, 2.05) is 12.1 Å². The highest BCUT2D eigenvalue weighted by Gasteiger charge is 2.32. The molecule has 0 aromatic heterocycles. The minimum absolute atomic E-state index is 0.126. The largest absolute Gasteiger partial charge is 0.388 e. The molecule has 0 aliphatic heterocycles. The molecule has 1 aliphatic rings. The average molecular weight is 326 g/mol. The van der Waals surface area contributed by atoms with Crippen molar-refractivity contribution in [2.45, 2.75) is 38.2 Å². The molecule has 2 N–H and O–H groups in total. The third-order valence-electron chi connectivity index (χ3n) is 3.75. The molecule has 104 valence electrons. The van der Waals surface area contributed by atoms with Gasteiger partial charge in [-0.15, -0.1) is 0 Å². The van der Waals surface area contributed by atoms with Crippen molar-refractivity contribution in [3.63, 3.8) is 0 Å². The summed E-state index contributed by atoms with van der Waals surface area (Å²) in [5.74, 6) is 0.405. The molecule has 0 saturated heterocycles. The minimum atomic E-state index is -0.733. The second kappa shape index (κ2) is 6.06. The quantitative estimate of drug-likeness (QED) is 0.897. The molecular weight excluding hydrogens is 306 g/mol. The van der Waals surface area contributed by atoms with Gasteiger partial charge >= 0.3 is 0 Å². The molecule has 2 atom stereocenters. The first-order valence-electron chi connectivity index (χ1n) is 6.75. The molecule has 3 nitrogen and oxygen atoms in total. The summed E-state index contributed by atoms with van der Waals surface area (Å²) in [6.07, 6.45) is 3.75. The van der Waals surface area contributed by atoms with E-state index in [4.69, 9.17) is 0 Å². The van der Waals surface area contributed by atoms with Gasteiger partial charge in [0.15, 0.2) is 0 Å². The Kier molecular flexibility index (Phi) is 4.63. The summed E-state index contributed by atoms with van der Waals surface area (Å²) in [6.45, 7) is 2.49. The van der Waals surface area contributed by atoms with Gasteiger partial charge in [-0.3, -0.25) is 4.79 Å². The van der Waals surface area contributed by atoms with Crippen LogP contribution in [0.5, 0.6) is 0 Å². The fourth-order valence-corrected chi connectivity index (χ4v) is 3.01. The molecule has 0 heterocycles. The molecule has 0 spiro atoms. The molecule has 1 aliphatic carbocycles. The number of halogens is 1. The summed E-state index contributed by atoms with van der Waals surface area (Å²) in [6, 6.07) is 7.22. The Hall–Kier alpha value is -0.870. The van der Waals surface area contributed by atoms with Crippen LogP contribution in [-0.4, -0.2) is 23.2 Å². The van der Waals surface area contributed by atoms with Crippen LogP contribution in [-0.2, 0) is 0 Å². The normalized spacial score (nSPS) is 27.0. The third-order valence-corrected chi connectivity index (χ3v) is 4.28. The fourth-order valence-electron chi connectivity index (χ4n) is 2.74. The summed E-state index contributed by atoms with van der Waals surface area (Å²) in [4.78, 5) is 12.0. The van der Waals surface area contributed by atoms with E-state index in [1.54, 1.807) is 12.1 Å². The van der Waals surface area contributed by atoms with Crippen LogP contribution < -0.4 is 5.32 Å². The van der Waals surface area contributed by atoms with Crippen LogP contribution >= 0.6 is 15.9 Å². The molecule has 0 bridgehead atoms. The zero-order valence-electron chi connectivity index (χ0n) is 11.2. The van der Waals surface area contributed by atoms with Crippen molar-refractivity contribution >= 4 is 21.8 Å². The molecule has 2 rings (SSSR count). The molecule has 2 unspecified atom stereocenters. The Balaban J connectivity index is 1.91. The van der Waals surface area contributed by atoms with E-state index in [0.717, 1.165) is 23.7 Å². The second-order valence-corrected chi connectivity index (χ2v) is 6.53. The highest BCUT2D eigenvalue weighted by Crippen LogP contribution is 2.31. The predicted molar refractivity (Wildman–Crippen MR) is 79.1 cm³/mol. The number of aliphatic hydroxyl groups is 1. The van der Waals surface area contributed by atoms with Crippen molar-refractivity contribution in [2.24, 2.45) is 5.92 Å². The first kappa shape index (κ1) is 14.5. The number of benzene rings is 1. The van der Waals surface area contributed by atoms with Crippen molar-refractivity contribution in [2.75, 3.05) is 6.54 Å². The minimum Gasteiger partial charge on any atom is -0.388 e. The van der Waals surface area contributed by atoms with Crippen LogP contribution in [0.15, 0.2) is 28.7 Å². The number of rotatable bonds is 3. The Morgan fingerprint density at radius 2 is 2.16 bits per heavy atom. The lowest BCUT2D eigenvalue weighted by molar-refractivity contribution is -0.0109. The first-order chi connectivity index (χ1) is 8.98. The SMILES string of the molecule is CC1CCCC(O)(CNC(=O)c2ccc(Br)cc2)C1. The highest BCUT2D eigenvalue weighted by atomic mass is 79.9. The maximum atomic E-state index is 12.0. The number of amides is 1. The predicted octanol–water partition coefficient (Wildman–Crippen LogP) is 3.12. The topological polar surface area (TPSA) is 49.3 Å². The van der Waals surface area contributed by atoms with E-state index in [2.05, 4.69) is 28.2 Å². The Bertz CT molecular complexity index is 446. The van der Waals surface area contributed by atoms with Gasteiger partial charge < -0.3 is 10.4 Å². The third kappa shape index (κ3) is 4.05. The Labute approximate surface area is 122 Å². The molecule has 19 heavy (non-hydrogen) atoms. The molecule has 4 heteroatoms. The summed E-state index contributed by atoms with van der Waals surface area (Å²) in [5.41, 5.74) is -0.112. The monoisotopic (exact) mass is 325 g/mol. The Morgan fingerprint density at radius 3 is 2.79 bits per heavy atom. The van der Waals surface area contributed by atoms with Gasteiger partial charge in [0.2, 0.25) is 0 Å². The van der Waals surface area contributed by atoms with Gasteiger partial charge in [0.05, 0.1) is 5.60 Å². The lowest BCUT2D eigenvalue weighted by Gasteiger charge is -2.35. The number of nitrogens with one attached hydrogen (secondary N) is 1. The summed E-state index contributed by atoms with van der Waals surface area (Å²) in [5, 5.41) is 13.3. The van der Waals surface area contributed by atoms with Gasteiger partial charge in [-0.05, 0) is 43.0 Å². The maximum Gasteiger partial charge on any atom is 0.251 e. The number of hydrogen-bond donors (Lipinski definition) is 2. The van der Waals surface area contributed by atoms with Gasteiger partial charge in [0, 0.05) is 16.6 Å². The molecule has 1 saturated carbocycles. The number of carbonyl (C=O) groups is 1. The van der Waals surface area contributed by atoms with E-state index in [-0.39, 0.29) is 5.91 Å².